The van der Waals surface area contributed by atoms with Crippen LogP contribution in [0, 0.1) is 0 Å². The van der Waals surface area contributed by atoms with Gasteiger partial charge >= 0.3 is 0 Å². The van der Waals surface area contributed by atoms with Crippen molar-refractivity contribution in [3.63, 3.8) is 0 Å². The van der Waals surface area contributed by atoms with Gasteiger partial charge in [-0.1, -0.05) is 0 Å². The van der Waals surface area contributed by atoms with Crippen molar-refractivity contribution in [1.82, 2.24) is 26.0 Å². The standard InChI is InChI=1S/C8H15N5O2/c1-15-5-4-9-2-3-10-8(14)7-6-11-13-12-7/h6,9H,2-5H2,1H3,(H,10,14)(H,11,12,13). The van der Waals surface area contributed by atoms with E-state index >= 15 is 0 Å². The number of hydrogen-bond acceptors (Lipinski definition) is 5. The minimum atomic E-state index is -0.225. The summed E-state index contributed by atoms with van der Waals surface area (Å²) in [6.45, 7) is 2.69. The van der Waals surface area contributed by atoms with Crippen molar-refractivity contribution in [3.05, 3.63) is 11.9 Å². The number of nitrogens with one attached hydrogen (secondary N) is 3. The first kappa shape index (κ1) is 11.6. The van der Waals surface area contributed by atoms with Crippen molar-refractivity contribution >= 4 is 5.91 Å². The second kappa shape index (κ2) is 6.91. The van der Waals surface area contributed by atoms with E-state index in [-0.39, 0.29) is 5.91 Å². The van der Waals surface area contributed by atoms with Crippen molar-refractivity contribution in [2.24, 2.45) is 0 Å². The second-order valence-corrected chi connectivity index (χ2v) is 2.85. The van der Waals surface area contributed by atoms with Crippen molar-refractivity contribution in [2.45, 2.75) is 0 Å². The molecule has 1 rings (SSSR count). The molecule has 0 fully saturated rings. The number of carbonyl (C=O) groups is 1. The molecule has 0 saturated carbocycles. The summed E-state index contributed by atoms with van der Waals surface area (Å²) in [6.07, 6.45) is 1.38. The number of nitrogens with zero attached hydrogens (tertiary/aromatic N) is 2. The van der Waals surface area contributed by atoms with Gasteiger partial charge in [0, 0.05) is 26.7 Å². The normalized spacial score (nSPS) is 10.2. The zero-order valence-corrected chi connectivity index (χ0v) is 8.62. The molecule has 3 N–H and O–H groups in total. The molecule has 0 aliphatic rings. The maximum Gasteiger partial charge on any atom is 0.273 e. The number of rotatable bonds is 7. The van der Waals surface area contributed by atoms with E-state index in [2.05, 4.69) is 26.0 Å². The van der Waals surface area contributed by atoms with Crippen molar-refractivity contribution in [2.75, 3.05) is 33.4 Å². The molecular weight excluding hydrogens is 198 g/mol. The first-order valence-corrected chi connectivity index (χ1v) is 4.68. The number of methoxy groups -OCH3 is 1. The predicted octanol–water partition coefficient (Wildman–Crippen LogP) is -1.23. The summed E-state index contributed by atoms with van der Waals surface area (Å²) in [5.74, 6) is -0.225. The van der Waals surface area contributed by atoms with E-state index < -0.39 is 0 Å². The minimum Gasteiger partial charge on any atom is -0.383 e. The van der Waals surface area contributed by atoms with Gasteiger partial charge in [-0.3, -0.25) is 4.79 Å². The van der Waals surface area contributed by atoms with Crippen LogP contribution in [-0.4, -0.2) is 54.7 Å². The minimum absolute atomic E-state index is 0.225. The van der Waals surface area contributed by atoms with Gasteiger partial charge in [0.05, 0.1) is 12.8 Å². The van der Waals surface area contributed by atoms with Crippen LogP contribution < -0.4 is 10.6 Å². The third-order valence-corrected chi connectivity index (χ3v) is 1.72. The predicted molar refractivity (Wildman–Crippen MR) is 53.5 cm³/mol. The van der Waals surface area contributed by atoms with Crippen LogP contribution in [0.5, 0.6) is 0 Å². The molecule has 0 saturated heterocycles. The Balaban J connectivity index is 2.03. The molecule has 7 nitrogen and oxygen atoms in total. The second-order valence-electron chi connectivity index (χ2n) is 2.85. The molecule has 0 unspecified atom stereocenters. The summed E-state index contributed by atoms with van der Waals surface area (Å²) in [4.78, 5) is 11.3. The lowest BCUT2D eigenvalue weighted by molar-refractivity contribution is 0.0948. The Morgan fingerprint density at radius 1 is 1.53 bits per heavy atom. The lowest BCUT2D eigenvalue weighted by Gasteiger charge is -2.04. The molecular formula is C8H15N5O2. The molecule has 0 spiro atoms. The molecule has 1 amide bonds. The van der Waals surface area contributed by atoms with Crippen LogP contribution in [0.25, 0.3) is 0 Å². The molecule has 84 valence electrons. The van der Waals surface area contributed by atoms with E-state index in [0.29, 0.717) is 25.4 Å². The van der Waals surface area contributed by atoms with Crippen LogP contribution in [0.3, 0.4) is 0 Å². The fraction of sp³-hybridized carbons (Fsp3) is 0.625. The summed E-state index contributed by atoms with van der Waals surface area (Å²) in [5.41, 5.74) is 0.298. The Hall–Kier alpha value is -1.47. The largest absolute Gasteiger partial charge is 0.383 e. The van der Waals surface area contributed by atoms with Crippen LogP contribution >= 0.6 is 0 Å². The molecule has 1 heterocycles. The SMILES string of the molecule is COCCNCCNC(=O)c1cn[nH]n1. The average Bonchev–Trinajstić information content (AvgIpc) is 2.76. The van der Waals surface area contributed by atoms with E-state index in [4.69, 9.17) is 4.74 Å². The van der Waals surface area contributed by atoms with Crippen LogP contribution in [-0.2, 0) is 4.74 Å². The molecule has 0 bridgehead atoms. The number of carbonyl (C=O) groups excluding carboxylic acids is 1. The summed E-state index contributed by atoms with van der Waals surface area (Å²) in [5, 5.41) is 15.4. The highest BCUT2D eigenvalue weighted by molar-refractivity contribution is 5.91. The maximum atomic E-state index is 11.3. The van der Waals surface area contributed by atoms with Crippen LogP contribution in [0.1, 0.15) is 10.5 Å². The number of hydrogen-bond donors (Lipinski definition) is 3. The number of aromatic amines is 1. The van der Waals surface area contributed by atoms with Crippen LogP contribution in [0.4, 0.5) is 0 Å². The van der Waals surface area contributed by atoms with E-state index in [1.807, 2.05) is 0 Å². The lowest BCUT2D eigenvalue weighted by atomic mass is 10.4. The molecule has 1 aromatic heterocycles. The Labute approximate surface area is 87.6 Å². The molecule has 0 radical (unpaired) electrons. The summed E-state index contributed by atoms with van der Waals surface area (Å²) < 4.78 is 4.86. The molecule has 0 atom stereocenters. The van der Waals surface area contributed by atoms with E-state index in [1.165, 1.54) is 6.20 Å². The van der Waals surface area contributed by atoms with Gasteiger partial charge in [0.1, 0.15) is 0 Å². The fourth-order valence-corrected chi connectivity index (χ4v) is 0.965. The third kappa shape index (κ3) is 4.52. The Bertz CT molecular complexity index is 275. The van der Waals surface area contributed by atoms with Crippen molar-refractivity contribution in [3.8, 4) is 0 Å². The lowest BCUT2D eigenvalue weighted by Crippen LogP contribution is -2.33. The Morgan fingerprint density at radius 2 is 2.40 bits per heavy atom. The van der Waals surface area contributed by atoms with Gasteiger partial charge < -0.3 is 15.4 Å². The molecule has 7 heteroatoms. The zero-order valence-electron chi connectivity index (χ0n) is 8.62. The van der Waals surface area contributed by atoms with Crippen molar-refractivity contribution < 1.29 is 9.53 Å². The molecule has 1 aromatic rings. The van der Waals surface area contributed by atoms with Crippen molar-refractivity contribution in [1.29, 1.82) is 0 Å². The highest BCUT2D eigenvalue weighted by atomic mass is 16.5. The van der Waals surface area contributed by atoms with Gasteiger partial charge in [-0.2, -0.15) is 15.4 Å². The Morgan fingerprint density at radius 3 is 3.07 bits per heavy atom. The van der Waals surface area contributed by atoms with Gasteiger partial charge in [0.25, 0.3) is 5.91 Å². The third-order valence-electron chi connectivity index (χ3n) is 1.72. The molecule has 0 aromatic carbocycles. The summed E-state index contributed by atoms with van der Waals surface area (Å²) in [7, 11) is 1.65. The Kier molecular flexibility index (Phi) is 5.34. The summed E-state index contributed by atoms with van der Waals surface area (Å²) in [6, 6.07) is 0. The number of aromatic nitrogens is 3. The van der Waals surface area contributed by atoms with Gasteiger partial charge in [-0.25, -0.2) is 0 Å². The summed E-state index contributed by atoms with van der Waals surface area (Å²) >= 11 is 0. The van der Waals surface area contributed by atoms with Gasteiger partial charge in [-0.15, -0.1) is 0 Å². The number of amides is 1. The fourth-order valence-electron chi connectivity index (χ4n) is 0.965. The maximum absolute atomic E-state index is 11.3. The number of H-pyrrole nitrogens is 1. The van der Waals surface area contributed by atoms with Gasteiger partial charge in [-0.05, 0) is 0 Å². The van der Waals surface area contributed by atoms with Crippen LogP contribution in [0.2, 0.25) is 0 Å². The van der Waals surface area contributed by atoms with E-state index in [9.17, 15) is 4.79 Å². The smallest absolute Gasteiger partial charge is 0.273 e. The number of ether oxygens (including phenoxy) is 1. The van der Waals surface area contributed by atoms with Crippen LogP contribution in [0.15, 0.2) is 6.20 Å². The molecule has 0 aliphatic heterocycles. The quantitative estimate of drug-likeness (QED) is 0.493. The first-order valence-electron chi connectivity index (χ1n) is 4.68. The molecule has 15 heavy (non-hydrogen) atoms. The first-order chi connectivity index (χ1) is 7.34. The van der Waals surface area contributed by atoms with Gasteiger partial charge in [0.2, 0.25) is 0 Å². The zero-order chi connectivity index (χ0) is 10.9. The van der Waals surface area contributed by atoms with E-state index in [1.54, 1.807) is 7.11 Å². The average molecular weight is 213 g/mol. The van der Waals surface area contributed by atoms with Gasteiger partial charge in [0.15, 0.2) is 5.69 Å². The monoisotopic (exact) mass is 213 g/mol. The van der Waals surface area contributed by atoms with E-state index in [0.717, 1.165) is 6.54 Å². The highest BCUT2D eigenvalue weighted by Crippen LogP contribution is 1.86. The topological polar surface area (TPSA) is 91.9 Å². The highest BCUT2D eigenvalue weighted by Gasteiger charge is 2.06. The molecule has 0 aliphatic carbocycles.